The molecule has 144 valence electrons. The van der Waals surface area contributed by atoms with E-state index >= 15 is 0 Å². The molecule has 0 bridgehead atoms. The number of guanidine groups is 1. The molecule has 2 aromatic carbocycles. The van der Waals surface area contributed by atoms with Crippen LogP contribution in [0.3, 0.4) is 0 Å². The fourth-order valence-electron chi connectivity index (χ4n) is 3.56. The van der Waals surface area contributed by atoms with E-state index in [1.54, 1.807) is 6.20 Å². The lowest BCUT2D eigenvalue weighted by molar-refractivity contribution is 0.648. The lowest BCUT2D eigenvalue weighted by atomic mass is 10.2. The van der Waals surface area contributed by atoms with Crippen LogP contribution in [0, 0.1) is 0 Å². The zero-order valence-electron chi connectivity index (χ0n) is 16.1. The van der Waals surface area contributed by atoms with E-state index in [0.29, 0.717) is 12.6 Å². The van der Waals surface area contributed by atoms with Crippen LogP contribution in [0.15, 0.2) is 78.0 Å². The summed E-state index contributed by atoms with van der Waals surface area (Å²) in [4.78, 5) is 6.81. The van der Waals surface area contributed by atoms with Crippen LogP contribution in [0.25, 0.3) is 5.69 Å². The van der Waals surface area contributed by atoms with Crippen LogP contribution < -0.4 is 15.5 Å². The third kappa shape index (κ3) is 4.34. The van der Waals surface area contributed by atoms with Crippen molar-refractivity contribution in [1.82, 2.24) is 20.4 Å². The van der Waals surface area contributed by atoms with Gasteiger partial charge in [0.25, 0.3) is 0 Å². The first kappa shape index (κ1) is 18.1. The Bertz CT molecular complexity index is 904. The molecule has 0 spiro atoms. The van der Waals surface area contributed by atoms with Gasteiger partial charge in [-0.1, -0.05) is 30.3 Å². The maximum Gasteiger partial charge on any atom is 0.191 e. The molecule has 3 aromatic rings. The summed E-state index contributed by atoms with van der Waals surface area (Å²) in [6, 6.07) is 21.3. The second kappa shape index (κ2) is 8.61. The molecular weight excluding hydrogens is 348 g/mol. The van der Waals surface area contributed by atoms with Gasteiger partial charge in [0.05, 0.1) is 5.69 Å². The Morgan fingerprint density at radius 2 is 1.96 bits per heavy atom. The standard InChI is InChI=1S/C22H26N6/c1-23-22(26-19-11-14-27(17-19)20-8-3-2-4-9-20)24-16-18-7-5-10-21(15-18)28-13-6-12-25-28/h2-10,12-13,15,19H,11,14,16-17H2,1H3,(H2,23,24,26). The van der Waals surface area contributed by atoms with Crippen LogP contribution in [0.5, 0.6) is 0 Å². The van der Waals surface area contributed by atoms with E-state index in [0.717, 1.165) is 31.2 Å². The van der Waals surface area contributed by atoms with Gasteiger partial charge in [0.2, 0.25) is 0 Å². The van der Waals surface area contributed by atoms with Gasteiger partial charge in [-0.25, -0.2) is 4.68 Å². The number of rotatable bonds is 5. The van der Waals surface area contributed by atoms with Crippen molar-refractivity contribution in [3.8, 4) is 5.69 Å². The lowest BCUT2D eigenvalue weighted by Crippen LogP contribution is -2.44. The summed E-state index contributed by atoms with van der Waals surface area (Å²) in [6.45, 7) is 2.76. The van der Waals surface area contributed by atoms with Crippen LogP contribution >= 0.6 is 0 Å². The summed E-state index contributed by atoms with van der Waals surface area (Å²) in [5, 5.41) is 11.3. The number of hydrogen-bond donors (Lipinski definition) is 2. The van der Waals surface area contributed by atoms with Crippen LogP contribution in [0.1, 0.15) is 12.0 Å². The summed E-state index contributed by atoms with van der Waals surface area (Å²) in [5.74, 6) is 0.837. The minimum atomic E-state index is 0.391. The maximum absolute atomic E-state index is 4.40. The molecule has 0 saturated carbocycles. The van der Waals surface area contributed by atoms with Crippen molar-refractivity contribution < 1.29 is 0 Å². The molecule has 0 radical (unpaired) electrons. The number of nitrogens with one attached hydrogen (secondary N) is 2. The summed E-state index contributed by atoms with van der Waals surface area (Å²) < 4.78 is 1.87. The van der Waals surface area contributed by atoms with Gasteiger partial charge in [-0.05, 0) is 42.3 Å². The van der Waals surface area contributed by atoms with E-state index in [1.807, 2.05) is 24.0 Å². The Morgan fingerprint density at radius 1 is 1.11 bits per heavy atom. The molecule has 6 heteroatoms. The van der Waals surface area contributed by atoms with Crippen LogP contribution in [-0.4, -0.2) is 41.9 Å². The number of aliphatic imine (C=N–C) groups is 1. The third-order valence-corrected chi connectivity index (χ3v) is 5.01. The molecule has 2 N–H and O–H groups in total. The van der Waals surface area contributed by atoms with Crippen molar-refractivity contribution in [3.05, 3.63) is 78.6 Å². The predicted octanol–water partition coefficient (Wildman–Crippen LogP) is 2.82. The van der Waals surface area contributed by atoms with Gasteiger partial charge < -0.3 is 15.5 Å². The molecule has 1 unspecified atom stereocenters. The summed E-state index contributed by atoms with van der Waals surface area (Å²) >= 11 is 0. The second-order valence-corrected chi connectivity index (χ2v) is 6.96. The largest absolute Gasteiger partial charge is 0.369 e. The van der Waals surface area contributed by atoms with Gasteiger partial charge >= 0.3 is 0 Å². The molecule has 1 saturated heterocycles. The first-order valence-corrected chi connectivity index (χ1v) is 9.68. The number of hydrogen-bond acceptors (Lipinski definition) is 3. The van der Waals surface area contributed by atoms with Gasteiger partial charge in [-0.3, -0.25) is 4.99 Å². The molecular formula is C22H26N6. The number of aromatic nitrogens is 2. The van der Waals surface area contributed by atoms with Gasteiger partial charge in [0.1, 0.15) is 0 Å². The quantitative estimate of drug-likeness (QED) is 0.533. The minimum Gasteiger partial charge on any atom is -0.369 e. The minimum absolute atomic E-state index is 0.391. The fraction of sp³-hybridized carbons (Fsp3) is 0.273. The highest BCUT2D eigenvalue weighted by atomic mass is 15.3. The molecule has 28 heavy (non-hydrogen) atoms. The molecule has 6 nitrogen and oxygen atoms in total. The zero-order chi connectivity index (χ0) is 19.2. The van der Waals surface area contributed by atoms with E-state index in [2.05, 4.69) is 80.2 Å². The number of anilines is 1. The van der Waals surface area contributed by atoms with Gasteiger partial charge in [-0.2, -0.15) is 5.10 Å². The van der Waals surface area contributed by atoms with Crippen molar-refractivity contribution in [2.75, 3.05) is 25.0 Å². The molecule has 1 fully saturated rings. The van der Waals surface area contributed by atoms with Gasteiger partial charge in [0.15, 0.2) is 5.96 Å². The Balaban J connectivity index is 1.32. The summed E-state index contributed by atoms with van der Waals surface area (Å²) in [6.07, 6.45) is 4.84. The highest BCUT2D eigenvalue weighted by Crippen LogP contribution is 2.19. The van der Waals surface area contributed by atoms with Crippen molar-refractivity contribution in [1.29, 1.82) is 0 Å². The molecule has 4 rings (SSSR count). The molecule has 0 aliphatic carbocycles. The van der Waals surface area contributed by atoms with Crippen LogP contribution in [-0.2, 0) is 6.54 Å². The van der Waals surface area contributed by atoms with Crippen LogP contribution in [0.2, 0.25) is 0 Å². The van der Waals surface area contributed by atoms with Crippen LogP contribution in [0.4, 0.5) is 5.69 Å². The Hall–Kier alpha value is -3.28. The number of nitrogens with zero attached hydrogens (tertiary/aromatic N) is 4. The zero-order valence-corrected chi connectivity index (χ0v) is 16.1. The topological polar surface area (TPSA) is 57.5 Å². The maximum atomic E-state index is 4.40. The predicted molar refractivity (Wildman–Crippen MR) is 114 cm³/mol. The van der Waals surface area contributed by atoms with Crippen molar-refractivity contribution >= 4 is 11.6 Å². The first-order valence-electron chi connectivity index (χ1n) is 9.68. The average molecular weight is 374 g/mol. The van der Waals surface area contributed by atoms with E-state index in [1.165, 1.54) is 11.3 Å². The lowest BCUT2D eigenvalue weighted by Gasteiger charge is -2.20. The highest BCUT2D eigenvalue weighted by molar-refractivity contribution is 5.80. The Morgan fingerprint density at radius 3 is 2.75 bits per heavy atom. The van der Waals surface area contributed by atoms with Gasteiger partial charge in [0, 0.05) is 50.8 Å². The highest BCUT2D eigenvalue weighted by Gasteiger charge is 2.23. The third-order valence-electron chi connectivity index (χ3n) is 5.01. The monoisotopic (exact) mass is 374 g/mol. The SMILES string of the molecule is CN=C(NCc1cccc(-n2cccn2)c1)NC1CCN(c2ccccc2)C1. The fourth-order valence-corrected chi connectivity index (χ4v) is 3.56. The summed E-state index contributed by atoms with van der Waals surface area (Å²) in [7, 11) is 1.82. The van der Waals surface area contributed by atoms with E-state index in [-0.39, 0.29) is 0 Å². The first-order chi connectivity index (χ1) is 13.8. The van der Waals surface area contributed by atoms with E-state index in [9.17, 15) is 0 Å². The smallest absolute Gasteiger partial charge is 0.191 e. The van der Waals surface area contributed by atoms with Crippen molar-refractivity contribution in [2.24, 2.45) is 4.99 Å². The van der Waals surface area contributed by atoms with E-state index in [4.69, 9.17) is 0 Å². The average Bonchev–Trinajstić information content (AvgIpc) is 3.44. The molecule has 1 atom stereocenters. The molecule has 1 aliphatic rings. The summed E-state index contributed by atoms with van der Waals surface area (Å²) in [5.41, 5.74) is 3.53. The molecule has 1 aromatic heterocycles. The second-order valence-electron chi connectivity index (χ2n) is 6.96. The van der Waals surface area contributed by atoms with Crippen molar-refractivity contribution in [3.63, 3.8) is 0 Å². The molecule has 0 amide bonds. The van der Waals surface area contributed by atoms with Crippen molar-refractivity contribution in [2.45, 2.75) is 19.0 Å². The number of para-hydroxylation sites is 1. The Labute approximate surface area is 165 Å². The Kier molecular flexibility index (Phi) is 5.56. The molecule has 2 heterocycles. The van der Waals surface area contributed by atoms with Gasteiger partial charge in [-0.15, -0.1) is 0 Å². The van der Waals surface area contributed by atoms with E-state index < -0.39 is 0 Å². The number of benzene rings is 2. The molecule has 1 aliphatic heterocycles. The normalized spacial score (nSPS) is 17.0.